The molecule has 3 nitrogen and oxygen atoms in total. The maximum absolute atomic E-state index is 6.00. The lowest BCUT2D eigenvalue weighted by atomic mass is 10.3. The Labute approximate surface area is 128 Å². The topological polar surface area (TPSA) is 30.7 Å². The molecule has 0 aliphatic rings. The summed E-state index contributed by atoms with van der Waals surface area (Å²) in [6.45, 7) is 2.89. The first kappa shape index (κ1) is 13.1. The number of halogens is 2. The molecule has 19 heavy (non-hydrogen) atoms. The highest BCUT2D eigenvalue weighted by Crippen LogP contribution is 2.23. The van der Waals surface area contributed by atoms with Crippen LogP contribution in [-0.4, -0.2) is 14.5 Å². The Balaban J connectivity index is 2.13. The van der Waals surface area contributed by atoms with Crippen molar-refractivity contribution in [2.45, 2.75) is 19.3 Å². The van der Waals surface area contributed by atoms with Gasteiger partial charge in [0.05, 0.1) is 12.4 Å². The number of hydrogen-bond donors (Lipinski definition) is 0. The molecule has 0 atom stereocenters. The molecular formula is C13H11BrClN3S. The SMILES string of the molecule is Cc1ccsc1Cn1c(CCl)nc2cc(Br)cnc21. The first-order valence-corrected chi connectivity index (χ1v) is 7.99. The molecule has 0 unspecified atom stereocenters. The summed E-state index contributed by atoms with van der Waals surface area (Å²) in [6, 6.07) is 4.10. The Hall–Kier alpha value is -0.910. The molecule has 0 spiro atoms. The second-order valence-electron chi connectivity index (χ2n) is 4.27. The van der Waals surface area contributed by atoms with Crippen molar-refractivity contribution < 1.29 is 0 Å². The summed E-state index contributed by atoms with van der Waals surface area (Å²) >= 11 is 11.2. The van der Waals surface area contributed by atoms with Crippen molar-refractivity contribution in [2.75, 3.05) is 0 Å². The number of aryl methyl sites for hydroxylation is 1. The van der Waals surface area contributed by atoms with E-state index in [1.165, 1.54) is 10.4 Å². The number of hydrogen-bond acceptors (Lipinski definition) is 3. The number of aromatic nitrogens is 3. The molecule has 0 radical (unpaired) electrons. The van der Waals surface area contributed by atoms with Gasteiger partial charge >= 0.3 is 0 Å². The normalized spacial score (nSPS) is 11.3. The van der Waals surface area contributed by atoms with Crippen molar-refractivity contribution in [1.29, 1.82) is 0 Å². The molecule has 0 amide bonds. The maximum atomic E-state index is 6.00. The van der Waals surface area contributed by atoms with Crippen molar-refractivity contribution in [1.82, 2.24) is 14.5 Å². The predicted octanol–water partition coefficient (Wildman–Crippen LogP) is 4.35. The molecule has 3 heterocycles. The third-order valence-electron chi connectivity index (χ3n) is 3.02. The van der Waals surface area contributed by atoms with Crippen LogP contribution in [0.1, 0.15) is 16.3 Å². The number of alkyl halides is 1. The van der Waals surface area contributed by atoms with Gasteiger partial charge in [0.1, 0.15) is 11.3 Å². The zero-order valence-corrected chi connectivity index (χ0v) is 13.4. The molecule has 6 heteroatoms. The molecule has 3 aromatic heterocycles. The monoisotopic (exact) mass is 355 g/mol. The van der Waals surface area contributed by atoms with Crippen molar-refractivity contribution in [2.24, 2.45) is 0 Å². The number of nitrogens with zero attached hydrogens (tertiary/aromatic N) is 3. The lowest BCUT2D eigenvalue weighted by Crippen LogP contribution is -2.04. The predicted molar refractivity (Wildman–Crippen MR) is 82.9 cm³/mol. The van der Waals surface area contributed by atoms with Crippen LogP contribution in [0.4, 0.5) is 0 Å². The van der Waals surface area contributed by atoms with Crippen molar-refractivity contribution in [3.8, 4) is 0 Å². The smallest absolute Gasteiger partial charge is 0.160 e. The zero-order chi connectivity index (χ0) is 13.4. The highest BCUT2D eigenvalue weighted by atomic mass is 79.9. The molecule has 0 N–H and O–H groups in total. The fraction of sp³-hybridized carbons (Fsp3) is 0.231. The van der Waals surface area contributed by atoms with Crippen LogP contribution >= 0.6 is 38.9 Å². The van der Waals surface area contributed by atoms with Gasteiger partial charge in [-0.2, -0.15) is 0 Å². The van der Waals surface area contributed by atoms with Crippen LogP contribution in [0.15, 0.2) is 28.2 Å². The van der Waals surface area contributed by atoms with Gasteiger partial charge in [0.2, 0.25) is 0 Å². The van der Waals surface area contributed by atoms with Crippen LogP contribution in [0, 0.1) is 6.92 Å². The minimum Gasteiger partial charge on any atom is -0.306 e. The van der Waals surface area contributed by atoms with Crippen LogP contribution in [0.3, 0.4) is 0 Å². The number of fused-ring (bicyclic) bond motifs is 1. The molecule has 3 rings (SSSR count). The summed E-state index contributed by atoms with van der Waals surface area (Å²) in [7, 11) is 0. The molecule has 0 aliphatic carbocycles. The number of thiophene rings is 1. The summed E-state index contributed by atoms with van der Waals surface area (Å²) < 4.78 is 3.02. The number of pyridine rings is 1. The molecule has 3 aromatic rings. The number of rotatable bonds is 3. The molecular weight excluding hydrogens is 346 g/mol. The Kier molecular flexibility index (Phi) is 3.60. The Morgan fingerprint density at radius 1 is 1.47 bits per heavy atom. The van der Waals surface area contributed by atoms with Gasteiger partial charge < -0.3 is 4.57 Å². The lowest BCUT2D eigenvalue weighted by Gasteiger charge is -2.06. The third kappa shape index (κ3) is 2.42. The molecule has 98 valence electrons. The zero-order valence-electron chi connectivity index (χ0n) is 10.2. The fourth-order valence-corrected chi connectivity index (χ4v) is 3.43. The second-order valence-corrected chi connectivity index (χ2v) is 6.45. The molecule has 0 saturated heterocycles. The first-order valence-electron chi connectivity index (χ1n) is 5.78. The highest BCUT2D eigenvalue weighted by molar-refractivity contribution is 9.10. The quantitative estimate of drug-likeness (QED) is 0.653. The van der Waals surface area contributed by atoms with E-state index in [1.807, 2.05) is 6.07 Å². The number of imidazole rings is 1. The van der Waals surface area contributed by atoms with E-state index in [9.17, 15) is 0 Å². The van der Waals surface area contributed by atoms with E-state index in [2.05, 4.69) is 48.8 Å². The summed E-state index contributed by atoms with van der Waals surface area (Å²) in [5.41, 5.74) is 3.05. The molecule has 0 aliphatic heterocycles. The minimum absolute atomic E-state index is 0.387. The van der Waals surface area contributed by atoms with Gasteiger partial charge in [-0.15, -0.1) is 22.9 Å². The van der Waals surface area contributed by atoms with Gasteiger partial charge in [-0.25, -0.2) is 9.97 Å². The van der Waals surface area contributed by atoms with E-state index >= 15 is 0 Å². The van der Waals surface area contributed by atoms with Crippen molar-refractivity contribution in [3.05, 3.63) is 44.4 Å². The van der Waals surface area contributed by atoms with Gasteiger partial charge in [0, 0.05) is 15.5 Å². The Morgan fingerprint density at radius 2 is 2.32 bits per heavy atom. The summed E-state index contributed by atoms with van der Waals surface area (Å²) in [5.74, 6) is 1.24. The van der Waals surface area contributed by atoms with Crippen LogP contribution in [-0.2, 0) is 12.4 Å². The maximum Gasteiger partial charge on any atom is 0.160 e. The van der Waals surface area contributed by atoms with Gasteiger partial charge in [-0.05, 0) is 45.9 Å². The molecule has 0 bridgehead atoms. The van der Waals surface area contributed by atoms with Crippen LogP contribution in [0.2, 0.25) is 0 Å². The highest BCUT2D eigenvalue weighted by Gasteiger charge is 2.13. The van der Waals surface area contributed by atoms with Gasteiger partial charge in [-0.1, -0.05) is 0 Å². The molecule has 0 fully saturated rings. The van der Waals surface area contributed by atoms with Crippen LogP contribution < -0.4 is 0 Å². The van der Waals surface area contributed by atoms with Gasteiger partial charge in [-0.3, -0.25) is 0 Å². The summed E-state index contributed by atoms with van der Waals surface area (Å²) in [4.78, 5) is 10.3. The average Bonchev–Trinajstić information content (AvgIpc) is 2.94. The van der Waals surface area contributed by atoms with E-state index in [0.717, 1.165) is 28.0 Å². The standard InChI is InChI=1S/C13H11BrClN3S/c1-8-2-3-19-11(8)7-18-12(5-15)17-10-4-9(14)6-16-13(10)18/h2-4,6H,5,7H2,1H3. The second kappa shape index (κ2) is 5.23. The van der Waals surface area contributed by atoms with Crippen LogP contribution in [0.5, 0.6) is 0 Å². The lowest BCUT2D eigenvalue weighted by molar-refractivity contribution is 0.777. The first-order chi connectivity index (χ1) is 9.19. The summed E-state index contributed by atoms with van der Waals surface area (Å²) in [5, 5.41) is 2.11. The average molecular weight is 357 g/mol. The van der Waals surface area contributed by atoms with Gasteiger partial charge in [0.25, 0.3) is 0 Å². The Bertz CT molecular complexity index is 735. The van der Waals surface area contributed by atoms with Gasteiger partial charge in [0.15, 0.2) is 5.65 Å². The third-order valence-corrected chi connectivity index (χ3v) is 4.70. The molecule has 0 aromatic carbocycles. The summed E-state index contributed by atoms with van der Waals surface area (Å²) in [6.07, 6.45) is 1.79. The van der Waals surface area contributed by atoms with Crippen molar-refractivity contribution in [3.63, 3.8) is 0 Å². The fourth-order valence-electron chi connectivity index (χ4n) is 2.01. The largest absolute Gasteiger partial charge is 0.306 e. The Morgan fingerprint density at radius 3 is 3.00 bits per heavy atom. The van der Waals surface area contributed by atoms with Crippen LogP contribution in [0.25, 0.3) is 11.2 Å². The molecule has 0 saturated carbocycles. The van der Waals surface area contributed by atoms with E-state index in [-0.39, 0.29) is 0 Å². The van der Waals surface area contributed by atoms with E-state index in [4.69, 9.17) is 11.6 Å². The minimum atomic E-state index is 0.387. The van der Waals surface area contributed by atoms with Crippen molar-refractivity contribution >= 4 is 50.0 Å². The van der Waals surface area contributed by atoms with E-state index in [0.29, 0.717) is 5.88 Å². The van der Waals surface area contributed by atoms with E-state index < -0.39 is 0 Å². The van der Waals surface area contributed by atoms with E-state index in [1.54, 1.807) is 17.5 Å².